The first-order valence-corrected chi connectivity index (χ1v) is 7.55. The van der Waals surface area contributed by atoms with Gasteiger partial charge in [0.05, 0.1) is 12.1 Å². The monoisotopic (exact) mass is 291 g/mol. The van der Waals surface area contributed by atoms with Crippen molar-refractivity contribution < 1.29 is 9.90 Å². The van der Waals surface area contributed by atoms with Crippen molar-refractivity contribution in [2.75, 3.05) is 13.2 Å². The van der Waals surface area contributed by atoms with E-state index in [2.05, 4.69) is 29.5 Å². The predicted octanol–water partition coefficient (Wildman–Crippen LogP) is 1.96. The van der Waals surface area contributed by atoms with Gasteiger partial charge in [-0.05, 0) is 30.5 Å². The van der Waals surface area contributed by atoms with Crippen LogP contribution in [0.5, 0.6) is 0 Å². The molecule has 1 aliphatic rings. The highest BCUT2D eigenvalue weighted by molar-refractivity contribution is 5.75. The number of carbonyl (C=O) groups excluding carboxylic acids is 1. The molecular formula is C16H25N3O2. The van der Waals surface area contributed by atoms with Crippen LogP contribution in [0.15, 0.2) is 24.5 Å². The third-order valence-corrected chi connectivity index (χ3v) is 4.39. The SMILES string of the molecule is CC(C)(CNC(=O)NC1(CO)CCCC1)c1ccncc1. The fraction of sp³-hybridized carbons (Fsp3) is 0.625. The highest BCUT2D eigenvalue weighted by atomic mass is 16.3. The molecule has 0 bridgehead atoms. The molecular weight excluding hydrogens is 266 g/mol. The highest BCUT2D eigenvalue weighted by Gasteiger charge is 2.34. The molecule has 1 aromatic rings. The van der Waals surface area contributed by atoms with E-state index in [4.69, 9.17) is 0 Å². The maximum absolute atomic E-state index is 12.1. The summed E-state index contributed by atoms with van der Waals surface area (Å²) in [4.78, 5) is 16.1. The van der Waals surface area contributed by atoms with Crippen LogP contribution in [0.3, 0.4) is 0 Å². The largest absolute Gasteiger partial charge is 0.394 e. The molecule has 0 unspecified atom stereocenters. The number of carbonyl (C=O) groups is 1. The summed E-state index contributed by atoms with van der Waals surface area (Å²) in [6.07, 6.45) is 7.34. The summed E-state index contributed by atoms with van der Waals surface area (Å²) in [6, 6.07) is 3.73. The molecule has 5 nitrogen and oxygen atoms in total. The Hall–Kier alpha value is -1.62. The van der Waals surface area contributed by atoms with E-state index in [0.717, 1.165) is 31.2 Å². The lowest BCUT2D eigenvalue weighted by Gasteiger charge is -2.30. The molecule has 0 atom stereocenters. The molecule has 1 saturated carbocycles. The molecule has 1 fully saturated rings. The number of aromatic nitrogens is 1. The van der Waals surface area contributed by atoms with Crippen molar-refractivity contribution >= 4 is 6.03 Å². The summed E-state index contributed by atoms with van der Waals surface area (Å²) in [5.74, 6) is 0. The smallest absolute Gasteiger partial charge is 0.315 e. The molecule has 1 aromatic heterocycles. The zero-order valence-corrected chi connectivity index (χ0v) is 12.9. The van der Waals surface area contributed by atoms with Gasteiger partial charge in [-0.2, -0.15) is 0 Å². The van der Waals surface area contributed by atoms with Crippen LogP contribution in [-0.4, -0.2) is 34.8 Å². The van der Waals surface area contributed by atoms with Crippen LogP contribution < -0.4 is 10.6 Å². The molecule has 5 heteroatoms. The number of aliphatic hydroxyl groups excluding tert-OH is 1. The maximum atomic E-state index is 12.1. The molecule has 3 N–H and O–H groups in total. The summed E-state index contributed by atoms with van der Waals surface area (Å²) in [5.41, 5.74) is 0.545. The van der Waals surface area contributed by atoms with Gasteiger partial charge in [0, 0.05) is 24.4 Å². The molecule has 1 heterocycles. The topological polar surface area (TPSA) is 74.2 Å². The van der Waals surface area contributed by atoms with E-state index < -0.39 is 5.54 Å². The number of hydrogen-bond acceptors (Lipinski definition) is 3. The zero-order valence-electron chi connectivity index (χ0n) is 12.9. The predicted molar refractivity (Wildman–Crippen MR) is 82.1 cm³/mol. The molecule has 0 aliphatic heterocycles. The van der Waals surface area contributed by atoms with Crippen LogP contribution in [0.4, 0.5) is 4.79 Å². The van der Waals surface area contributed by atoms with Gasteiger partial charge in [-0.3, -0.25) is 4.98 Å². The Morgan fingerprint density at radius 3 is 2.52 bits per heavy atom. The molecule has 2 amide bonds. The third-order valence-electron chi connectivity index (χ3n) is 4.39. The molecule has 2 rings (SSSR count). The van der Waals surface area contributed by atoms with E-state index in [9.17, 15) is 9.90 Å². The molecule has 0 radical (unpaired) electrons. The Morgan fingerprint density at radius 1 is 1.33 bits per heavy atom. The van der Waals surface area contributed by atoms with Crippen LogP contribution in [-0.2, 0) is 5.41 Å². The van der Waals surface area contributed by atoms with Gasteiger partial charge in [0.25, 0.3) is 0 Å². The lowest BCUT2D eigenvalue weighted by molar-refractivity contribution is 0.162. The van der Waals surface area contributed by atoms with Gasteiger partial charge in [0.1, 0.15) is 0 Å². The summed E-state index contributed by atoms with van der Waals surface area (Å²) in [7, 11) is 0. The third kappa shape index (κ3) is 3.94. The van der Waals surface area contributed by atoms with E-state index in [1.807, 2.05) is 12.1 Å². The van der Waals surface area contributed by atoms with Crippen molar-refractivity contribution in [2.24, 2.45) is 0 Å². The minimum Gasteiger partial charge on any atom is -0.394 e. The fourth-order valence-electron chi connectivity index (χ4n) is 2.87. The number of amides is 2. The molecule has 1 aliphatic carbocycles. The van der Waals surface area contributed by atoms with Gasteiger partial charge in [0.15, 0.2) is 0 Å². The van der Waals surface area contributed by atoms with E-state index in [0.29, 0.717) is 6.54 Å². The van der Waals surface area contributed by atoms with Crippen LogP contribution >= 0.6 is 0 Å². The van der Waals surface area contributed by atoms with Crippen molar-refractivity contribution in [2.45, 2.75) is 50.5 Å². The van der Waals surface area contributed by atoms with Gasteiger partial charge >= 0.3 is 6.03 Å². The first-order chi connectivity index (χ1) is 9.97. The fourth-order valence-corrected chi connectivity index (χ4v) is 2.87. The molecule has 116 valence electrons. The van der Waals surface area contributed by atoms with Crippen molar-refractivity contribution in [3.63, 3.8) is 0 Å². The van der Waals surface area contributed by atoms with Crippen LogP contribution in [0, 0.1) is 0 Å². The second-order valence-corrected chi connectivity index (χ2v) is 6.57. The Morgan fingerprint density at radius 2 is 1.95 bits per heavy atom. The van der Waals surface area contributed by atoms with Gasteiger partial charge in [0.2, 0.25) is 0 Å². The van der Waals surface area contributed by atoms with E-state index >= 15 is 0 Å². The molecule has 0 saturated heterocycles. The molecule has 21 heavy (non-hydrogen) atoms. The quantitative estimate of drug-likeness (QED) is 0.776. The van der Waals surface area contributed by atoms with Crippen molar-refractivity contribution in [3.8, 4) is 0 Å². The van der Waals surface area contributed by atoms with Crippen LogP contribution in [0.1, 0.15) is 45.1 Å². The summed E-state index contributed by atoms with van der Waals surface area (Å²) in [6.45, 7) is 4.71. The van der Waals surface area contributed by atoms with E-state index in [1.54, 1.807) is 12.4 Å². The van der Waals surface area contributed by atoms with Crippen LogP contribution in [0.25, 0.3) is 0 Å². The molecule has 0 spiro atoms. The lowest BCUT2D eigenvalue weighted by Crippen LogP contribution is -2.54. The number of pyridine rings is 1. The second kappa shape index (κ2) is 6.43. The number of nitrogens with one attached hydrogen (secondary N) is 2. The number of urea groups is 1. The minimum atomic E-state index is -0.426. The molecule has 0 aromatic carbocycles. The van der Waals surface area contributed by atoms with E-state index in [1.165, 1.54) is 0 Å². The van der Waals surface area contributed by atoms with Gasteiger partial charge in [-0.15, -0.1) is 0 Å². The average molecular weight is 291 g/mol. The number of nitrogens with zero attached hydrogens (tertiary/aromatic N) is 1. The summed E-state index contributed by atoms with van der Waals surface area (Å²) >= 11 is 0. The Balaban J connectivity index is 1.89. The second-order valence-electron chi connectivity index (χ2n) is 6.57. The Labute approximate surface area is 126 Å². The van der Waals surface area contributed by atoms with Crippen molar-refractivity contribution in [1.29, 1.82) is 0 Å². The minimum absolute atomic E-state index is 0.00810. The van der Waals surface area contributed by atoms with Gasteiger partial charge in [-0.1, -0.05) is 26.7 Å². The lowest BCUT2D eigenvalue weighted by atomic mass is 9.85. The Bertz CT molecular complexity index is 468. The van der Waals surface area contributed by atoms with E-state index in [-0.39, 0.29) is 18.1 Å². The summed E-state index contributed by atoms with van der Waals surface area (Å²) in [5, 5.41) is 15.4. The Kier molecular flexibility index (Phi) is 4.83. The van der Waals surface area contributed by atoms with Gasteiger partial charge < -0.3 is 15.7 Å². The normalized spacial score (nSPS) is 17.5. The standard InChI is InChI=1S/C16H25N3O2/c1-15(2,13-5-9-17-10-6-13)11-18-14(21)19-16(12-20)7-3-4-8-16/h5-6,9-10,20H,3-4,7-8,11-12H2,1-2H3,(H2,18,19,21). The number of hydrogen-bond donors (Lipinski definition) is 3. The van der Waals surface area contributed by atoms with Gasteiger partial charge in [-0.25, -0.2) is 4.79 Å². The average Bonchev–Trinajstić information content (AvgIpc) is 2.95. The number of rotatable bonds is 5. The van der Waals surface area contributed by atoms with Crippen molar-refractivity contribution in [3.05, 3.63) is 30.1 Å². The summed E-state index contributed by atoms with van der Waals surface area (Å²) < 4.78 is 0. The highest BCUT2D eigenvalue weighted by Crippen LogP contribution is 2.29. The number of aliphatic hydroxyl groups is 1. The first kappa shape index (κ1) is 15.8. The maximum Gasteiger partial charge on any atom is 0.315 e. The van der Waals surface area contributed by atoms with Crippen molar-refractivity contribution in [1.82, 2.24) is 15.6 Å². The van der Waals surface area contributed by atoms with Crippen LogP contribution in [0.2, 0.25) is 0 Å². The first-order valence-electron chi connectivity index (χ1n) is 7.55. The zero-order chi connectivity index (χ0) is 15.3.